The lowest BCUT2D eigenvalue weighted by atomic mass is 9.94. The number of hydrogen-bond donors (Lipinski definition) is 1. The zero-order chi connectivity index (χ0) is 26.5. The van der Waals surface area contributed by atoms with Crippen LogP contribution in [0.3, 0.4) is 0 Å². The van der Waals surface area contributed by atoms with Gasteiger partial charge >= 0.3 is 0 Å². The number of rotatable bonds is 9. The quantitative estimate of drug-likeness (QED) is 0.312. The van der Waals surface area contributed by atoms with Crippen molar-refractivity contribution in [3.05, 3.63) is 58.7 Å². The Morgan fingerprint density at radius 1 is 0.973 bits per heavy atom. The van der Waals surface area contributed by atoms with Crippen molar-refractivity contribution >= 4 is 17.4 Å². The van der Waals surface area contributed by atoms with Gasteiger partial charge in [-0.3, -0.25) is 14.5 Å². The SMILES string of the molecule is COc1ccc([C@H]2/C(=C(\O)c3ccc(OC)c(C)c3)C(=O)C(=O)N2CCCN2CCOCC2)c(OC)c1. The third kappa shape index (κ3) is 5.42. The van der Waals surface area contributed by atoms with Crippen molar-refractivity contribution in [1.29, 1.82) is 0 Å². The Hall–Kier alpha value is -3.56. The summed E-state index contributed by atoms with van der Waals surface area (Å²) >= 11 is 0. The monoisotopic (exact) mass is 510 g/mol. The lowest BCUT2D eigenvalue weighted by Gasteiger charge is -2.29. The Morgan fingerprint density at radius 3 is 2.35 bits per heavy atom. The van der Waals surface area contributed by atoms with E-state index < -0.39 is 17.7 Å². The van der Waals surface area contributed by atoms with E-state index in [-0.39, 0.29) is 11.3 Å². The molecule has 2 heterocycles. The number of Topliss-reactive ketones (excluding diaryl/α,β-unsaturated/α-hetero) is 1. The molecule has 0 saturated carbocycles. The van der Waals surface area contributed by atoms with Gasteiger partial charge in [-0.1, -0.05) is 0 Å². The zero-order valence-electron chi connectivity index (χ0n) is 21.8. The molecule has 198 valence electrons. The lowest BCUT2D eigenvalue weighted by Crippen LogP contribution is -2.39. The molecule has 0 spiro atoms. The van der Waals surface area contributed by atoms with Gasteiger partial charge in [-0.15, -0.1) is 0 Å². The van der Waals surface area contributed by atoms with E-state index in [2.05, 4.69) is 4.90 Å². The highest BCUT2D eigenvalue weighted by Gasteiger charge is 2.47. The van der Waals surface area contributed by atoms with Crippen molar-refractivity contribution in [3.63, 3.8) is 0 Å². The Bertz CT molecular complexity index is 1190. The third-order valence-corrected chi connectivity index (χ3v) is 6.92. The van der Waals surface area contributed by atoms with Gasteiger partial charge in [-0.2, -0.15) is 0 Å². The van der Waals surface area contributed by atoms with Crippen molar-refractivity contribution in [2.75, 3.05) is 60.7 Å². The van der Waals surface area contributed by atoms with E-state index in [0.717, 1.165) is 25.2 Å². The number of morpholine rings is 1. The van der Waals surface area contributed by atoms with Gasteiger partial charge in [0.2, 0.25) is 0 Å². The van der Waals surface area contributed by atoms with Crippen molar-refractivity contribution in [2.24, 2.45) is 0 Å². The molecule has 37 heavy (non-hydrogen) atoms. The van der Waals surface area contributed by atoms with Gasteiger partial charge in [0.05, 0.1) is 46.2 Å². The lowest BCUT2D eigenvalue weighted by molar-refractivity contribution is -0.140. The van der Waals surface area contributed by atoms with Gasteiger partial charge in [0, 0.05) is 43.4 Å². The van der Waals surface area contributed by atoms with Gasteiger partial charge < -0.3 is 29.0 Å². The molecule has 2 aliphatic heterocycles. The fraction of sp³-hybridized carbons (Fsp3) is 0.429. The van der Waals surface area contributed by atoms with E-state index in [1.807, 2.05) is 6.92 Å². The Kier molecular flexibility index (Phi) is 8.35. The fourth-order valence-corrected chi connectivity index (χ4v) is 4.95. The second kappa shape index (κ2) is 11.7. The summed E-state index contributed by atoms with van der Waals surface area (Å²) in [7, 11) is 4.65. The predicted molar refractivity (Wildman–Crippen MR) is 138 cm³/mol. The predicted octanol–water partition coefficient (Wildman–Crippen LogP) is 3.16. The number of benzene rings is 2. The van der Waals surface area contributed by atoms with Crippen LogP contribution in [0.25, 0.3) is 5.76 Å². The summed E-state index contributed by atoms with van der Waals surface area (Å²) in [4.78, 5) is 30.5. The molecule has 0 aliphatic carbocycles. The first-order valence-electron chi connectivity index (χ1n) is 12.3. The average Bonchev–Trinajstić information content (AvgIpc) is 3.17. The highest BCUT2D eigenvalue weighted by molar-refractivity contribution is 6.46. The summed E-state index contributed by atoms with van der Waals surface area (Å²) in [6.07, 6.45) is 0.670. The van der Waals surface area contributed by atoms with Gasteiger partial charge in [0.25, 0.3) is 11.7 Å². The van der Waals surface area contributed by atoms with Crippen molar-refractivity contribution < 1.29 is 33.6 Å². The maximum atomic E-state index is 13.4. The van der Waals surface area contributed by atoms with Crippen LogP contribution >= 0.6 is 0 Å². The van der Waals surface area contributed by atoms with Gasteiger partial charge in [-0.05, 0) is 49.2 Å². The second-order valence-electron chi connectivity index (χ2n) is 9.09. The molecule has 2 aromatic carbocycles. The van der Waals surface area contributed by atoms with E-state index in [4.69, 9.17) is 18.9 Å². The molecule has 4 rings (SSSR count). The molecule has 9 heteroatoms. The third-order valence-electron chi connectivity index (χ3n) is 6.92. The first-order chi connectivity index (χ1) is 17.9. The molecular weight excluding hydrogens is 476 g/mol. The van der Waals surface area contributed by atoms with Crippen molar-refractivity contribution in [1.82, 2.24) is 9.80 Å². The summed E-state index contributed by atoms with van der Waals surface area (Å²) in [5, 5.41) is 11.4. The molecule has 2 saturated heterocycles. The zero-order valence-corrected chi connectivity index (χ0v) is 21.8. The number of carbonyl (C=O) groups excluding carboxylic acids is 2. The number of hydrogen-bond acceptors (Lipinski definition) is 8. The number of aryl methyl sites for hydroxylation is 1. The number of aliphatic hydroxyl groups excluding tert-OH is 1. The van der Waals surface area contributed by atoms with E-state index in [1.54, 1.807) is 50.6 Å². The Balaban J connectivity index is 1.75. The molecule has 9 nitrogen and oxygen atoms in total. The number of likely N-dealkylation sites (tertiary alicyclic amines) is 1. The topological polar surface area (TPSA) is 97.8 Å². The van der Waals surface area contributed by atoms with Crippen LogP contribution < -0.4 is 14.2 Å². The Labute approximate surface area is 217 Å². The van der Waals surface area contributed by atoms with Crippen LogP contribution in [0.2, 0.25) is 0 Å². The molecule has 0 unspecified atom stereocenters. The molecule has 0 aromatic heterocycles. The summed E-state index contributed by atoms with van der Waals surface area (Å²) in [6, 6.07) is 9.57. The van der Waals surface area contributed by atoms with E-state index in [0.29, 0.717) is 54.6 Å². The van der Waals surface area contributed by atoms with Crippen LogP contribution in [0.15, 0.2) is 42.0 Å². The van der Waals surface area contributed by atoms with Crippen LogP contribution in [0.4, 0.5) is 0 Å². The van der Waals surface area contributed by atoms with Gasteiger partial charge in [-0.25, -0.2) is 0 Å². The number of ketones is 1. The molecule has 2 aliphatic rings. The molecule has 2 aromatic rings. The summed E-state index contributed by atoms with van der Waals surface area (Å²) in [5.41, 5.74) is 1.86. The molecular formula is C28H34N2O7. The molecule has 1 N–H and O–H groups in total. The first-order valence-corrected chi connectivity index (χ1v) is 12.3. The van der Waals surface area contributed by atoms with E-state index in [9.17, 15) is 14.7 Å². The normalized spacial score (nSPS) is 19.8. The standard InChI is InChI=1S/C28H34N2O7/c1-18-16-19(6-9-22(18)35-3)26(31)24-25(21-8-7-20(34-2)17-23(21)36-4)30(28(33)27(24)32)11-5-10-29-12-14-37-15-13-29/h6-9,16-17,25,31H,5,10-15H2,1-4H3/b26-24+/t25-/m0/s1. The van der Waals surface area contributed by atoms with Crippen LogP contribution in [0, 0.1) is 6.92 Å². The van der Waals surface area contributed by atoms with E-state index in [1.165, 1.54) is 12.0 Å². The summed E-state index contributed by atoms with van der Waals surface area (Å²) < 4.78 is 21.7. The maximum Gasteiger partial charge on any atom is 0.295 e. The minimum absolute atomic E-state index is 0.0319. The van der Waals surface area contributed by atoms with Crippen LogP contribution in [-0.2, 0) is 14.3 Å². The number of aliphatic hydroxyl groups is 1. The maximum absolute atomic E-state index is 13.4. The number of carbonyl (C=O) groups is 2. The molecule has 0 bridgehead atoms. The average molecular weight is 511 g/mol. The molecule has 1 atom stereocenters. The summed E-state index contributed by atoms with van der Waals surface area (Å²) in [6.45, 7) is 6.03. The molecule has 0 radical (unpaired) electrons. The van der Waals surface area contributed by atoms with Crippen LogP contribution in [0.5, 0.6) is 17.2 Å². The molecule has 1 amide bonds. The fourth-order valence-electron chi connectivity index (χ4n) is 4.95. The minimum atomic E-state index is -0.812. The smallest absolute Gasteiger partial charge is 0.295 e. The highest BCUT2D eigenvalue weighted by Crippen LogP contribution is 2.44. The van der Waals surface area contributed by atoms with Gasteiger partial charge in [0.15, 0.2) is 0 Å². The second-order valence-corrected chi connectivity index (χ2v) is 9.09. The van der Waals surface area contributed by atoms with Crippen LogP contribution in [0.1, 0.15) is 29.2 Å². The number of methoxy groups -OCH3 is 3. The summed E-state index contributed by atoms with van der Waals surface area (Å²) in [5.74, 6) is 0.102. The van der Waals surface area contributed by atoms with Crippen LogP contribution in [-0.4, -0.2) is 87.3 Å². The van der Waals surface area contributed by atoms with Gasteiger partial charge in [0.1, 0.15) is 23.0 Å². The number of nitrogens with zero attached hydrogens (tertiary/aromatic N) is 2. The minimum Gasteiger partial charge on any atom is -0.507 e. The Morgan fingerprint density at radius 2 is 1.70 bits per heavy atom. The van der Waals surface area contributed by atoms with Crippen molar-refractivity contribution in [2.45, 2.75) is 19.4 Å². The van der Waals surface area contributed by atoms with E-state index >= 15 is 0 Å². The highest BCUT2D eigenvalue weighted by atomic mass is 16.5. The first kappa shape index (κ1) is 26.5. The number of amides is 1. The molecule has 2 fully saturated rings. The number of ether oxygens (including phenoxy) is 4. The van der Waals surface area contributed by atoms with Crippen molar-refractivity contribution in [3.8, 4) is 17.2 Å². The largest absolute Gasteiger partial charge is 0.507 e.